The largest absolute Gasteiger partial charge is 0.350 e. The first-order valence-electron chi connectivity index (χ1n) is 7.60. The van der Waals surface area contributed by atoms with Crippen molar-refractivity contribution in [1.29, 1.82) is 0 Å². The Balaban J connectivity index is 1.70. The van der Waals surface area contributed by atoms with Gasteiger partial charge in [0.2, 0.25) is 0 Å². The lowest BCUT2D eigenvalue weighted by Gasteiger charge is -2.33. The van der Waals surface area contributed by atoms with Gasteiger partial charge in [-0.05, 0) is 12.8 Å². The molecule has 2 aromatic rings. The molecule has 1 saturated heterocycles. The van der Waals surface area contributed by atoms with E-state index in [1.54, 1.807) is 43.6 Å². The van der Waals surface area contributed by atoms with Crippen molar-refractivity contribution in [3.63, 3.8) is 0 Å². The van der Waals surface area contributed by atoms with E-state index in [1.165, 1.54) is 4.57 Å². The summed E-state index contributed by atoms with van der Waals surface area (Å²) < 4.78 is 3.11. The topological polar surface area (TPSA) is 85.0 Å². The van der Waals surface area contributed by atoms with Crippen LogP contribution >= 0.6 is 0 Å². The van der Waals surface area contributed by atoms with E-state index >= 15 is 0 Å². The number of anilines is 1. The van der Waals surface area contributed by atoms with E-state index in [-0.39, 0.29) is 17.5 Å². The maximum Gasteiger partial charge on any atom is 0.293 e. The van der Waals surface area contributed by atoms with E-state index < -0.39 is 0 Å². The van der Waals surface area contributed by atoms with Crippen LogP contribution in [0.3, 0.4) is 0 Å². The van der Waals surface area contributed by atoms with Gasteiger partial charge in [-0.1, -0.05) is 0 Å². The van der Waals surface area contributed by atoms with E-state index in [0.29, 0.717) is 17.9 Å². The van der Waals surface area contributed by atoms with Gasteiger partial charge in [0.25, 0.3) is 11.5 Å². The van der Waals surface area contributed by atoms with Crippen LogP contribution in [-0.4, -0.2) is 44.4 Å². The number of carbonyl (C=O) groups excluding carboxylic acids is 1. The molecule has 0 spiro atoms. The predicted octanol–water partition coefficient (Wildman–Crippen LogP) is -0.0874. The number of piperidine rings is 1. The summed E-state index contributed by atoms with van der Waals surface area (Å²) in [6.07, 6.45) is 8.27. The number of carbonyl (C=O) groups is 1. The Hall–Kier alpha value is -2.64. The Morgan fingerprint density at radius 3 is 2.96 bits per heavy atom. The van der Waals surface area contributed by atoms with Gasteiger partial charge in [-0.3, -0.25) is 14.3 Å². The van der Waals surface area contributed by atoms with Crippen molar-refractivity contribution in [1.82, 2.24) is 24.6 Å². The normalized spacial score (nSPS) is 18.0. The van der Waals surface area contributed by atoms with Gasteiger partial charge in [0.1, 0.15) is 0 Å². The van der Waals surface area contributed by atoms with Gasteiger partial charge < -0.3 is 14.8 Å². The van der Waals surface area contributed by atoms with Gasteiger partial charge in [-0.2, -0.15) is 5.10 Å². The van der Waals surface area contributed by atoms with Gasteiger partial charge in [-0.25, -0.2) is 4.98 Å². The zero-order valence-corrected chi connectivity index (χ0v) is 13.3. The van der Waals surface area contributed by atoms with Crippen molar-refractivity contribution in [3.05, 3.63) is 40.7 Å². The van der Waals surface area contributed by atoms with Crippen LogP contribution in [0.25, 0.3) is 0 Å². The highest BCUT2D eigenvalue weighted by molar-refractivity contribution is 5.93. The zero-order chi connectivity index (χ0) is 16.4. The van der Waals surface area contributed by atoms with Crippen LogP contribution in [0.1, 0.15) is 23.2 Å². The summed E-state index contributed by atoms with van der Waals surface area (Å²) in [5.41, 5.74) is 0.421. The Morgan fingerprint density at radius 2 is 2.22 bits per heavy atom. The molecule has 3 rings (SSSR count). The number of rotatable bonds is 3. The third kappa shape index (κ3) is 3.25. The lowest BCUT2D eigenvalue weighted by molar-refractivity contribution is 0.0933. The first-order valence-corrected chi connectivity index (χ1v) is 7.60. The zero-order valence-electron chi connectivity index (χ0n) is 13.3. The number of aromatic nitrogens is 4. The molecule has 1 N–H and O–H groups in total. The van der Waals surface area contributed by atoms with Gasteiger partial charge in [0, 0.05) is 51.8 Å². The Bertz CT molecular complexity index is 765. The van der Waals surface area contributed by atoms with Crippen molar-refractivity contribution in [2.24, 2.45) is 14.1 Å². The maximum absolute atomic E-state index is 12.2. The second kappa shape index (κ2) is 6.23. The van der Waals surface area contributed by atoms with Gasteiger partial charge >= 0.3 is 0 Å². The molecule has 8 nitrogen and oxygen atoms in total. The average molecular weight is 316 g/mol. The van der Waals surface area contributed by atoms with Crippen molar-refractivity contribution < 1.29 is 4.79 Å². The number of hydrogen-bond donors (Lipinski definition) is 1. The fourth-order valence-electron chi connectivity index (χ4n) is 2.80. The first-order chi connectivity index (χ1) is 11.0. The highest BCUT2D eigenvalue weighted by Gasteiger charge is 2.24. The summed E-state index contributed by atoms with van der Waals surface area (Å²) in [4.78, 5) is 30.6. The Kier molecular flexibility index (Phi) is 4.14. The summed E-state index contributed by atoms with van der Waals surface area (Å²) in [7, 11) is 3.48. The quantitative estimate of drug-likeness (QED) is 0.855. The lowest BCUT2D eigenvalue weighted by atomic mass is 10.1. The smallest absolute Gasteiger partial charge is 0.293 e. The fourth-order valence-corrected chi connectivity index (χ4v) is 2.80. The molecular formula is C15H20N6O2. The number of hydrogen-bond acceptors (Lipinski definition) is 5. The van der Waals surface area contributed by atoms with Crippen LogP contribution in [0.15, 0.2) is 29.6 Å². The SMILES string of the molecule is Cn1cc(C(=O)NC2CCCN(c3nccn(C)c3=O)C2)cn1. The van der Waals surface area contributed by atoms with Crippen LogP contribution in [0.4, 0.5) is 5.82 Å². The summed E-state index contributed by atoms with van der Waals surface area (Å²) in [6.45, 7) is 1.35. The third-order valence-corrected chi connectivity index (χ3v) is 4.02. The highest BCUT2D eigenvalue weighted by Crippen LogP contribution is 2.15. The molecule has 1 atom stereocenters. The molecule has 3 heterocycles. The summed E-state index contributed by atoms with van der Waals surface area (Å²) in [5.74, 6) is 0.300. The third-order valence-electron chi connectivity index (χ3n) is 4.02. The molecule has 1 aliphatic heterocycles. The van der Waals surface area contributed by atoms with Gasteiger partial charge in [0.15, 0.2) is 5.82 Å². The van der Waals surface area contributed by atoms with Crippen molar-refractivity contribution in [3.8, 4) is 0 Å². The summed E-state index contributed by atoms with van der Waals surface area (Å²) >= 11 is 0. The average Bonchev–Trinajstić information content (AvgIpc) is 2.97. The highest BCUT2D eigenvalue weighted by atomic mass is 16.2. The van der Waals surface area contributed by atoms with Gasteiger partial charge in [0.05, 0.1) is 11.8 Å². The van der Waals surface area contributed by atoms with Gasteiger partial charge in [-0.15, -0.1) is 0 Å². The lowest BCUT2D eigenvalue weighted by Crippen LogP contribution is -2.49. The Morgan fingerprint density at radius 1 is 1.39 bits per heavy atom. The van der Waals surface area contributed by atoms with Crippen molar-refractivity contribution in [2.75, 3.05) is 18.0 Å². The minimum absolute atomic E-state index is 0.0110. The molecule has 1 fully saturated rings. The molecule has 1 amide bonds. The van der Waals surface area contributed by atoms with Crippen molar-refractivity contribution in [2.45, 2.75) is 18.9 Å². The molecule has 2 aromatic heterocycles. The fraction of sp³-hybridized carbons (Fsp3) is 0.467. The summed E-state index contributed by atoms with van der Waals surface area (Å²) in [5, 5.41) is 7.02. The monoisotopic (exact) mass is 316 g/mol. The van der Waals surface area contributed by atoms with E-state index in [1.807, 2.05) is 4.90 Å². The first kappa shape index (κ1) is 15.3. The molecule has 8 heteroatoms. The van der Waals surface area contributed by atoms with Crippen LogP contribution in [0.5, 0.6) is 0 Å². The number of nitrogens with one attached hydrogen (secondary N) is 1. The predicted molar refractivity (Wildman–Crippen MR) is 85.4 cm³/mol. The molecule has 0 aromatic carbocycles. The molecular weight excluding hydrogens is 296 g/mol. The van der Waals surface area contributed by atoms with E-state index in [4.69, 9.17) is 0 Å². The molecule has 0 saturated carbocycles. The molecule has 0 bridgehead atoms. The second-order valence-electron chi connectivity index (χ2n) is 5.83. The van der Waals surface area contributed by atoms with E-state index in [9.17, 15) is 9.59 Å². The maximum atomic E-state index is 12.2. The van der Waals surface area contributed by atoms with E-state index in [2.05, 4.69) is 15.4 Å². The molecule has 0 aliphatic carbocycles. The van der Waals surface area contributed by atoms with Crippen LogP contribution < -0.4 is 15.8 Å². The number of aryl methyl sites for hydroxylation is 2. The molecule has 1 unspecified atom stereocenters. The second-order valence-corrected chi connectivity index (χ2v) is 5.83. The van der Waals surface area contributed by atoms with Crippen LogP contribution in [-0.2, 0) is 14.1 Å². The van der Waals surface area contributed by atoms with Crippen LogP contribution in [0.2, 0.25) is 0 Å². The molecule has 122 valence electrons. The van der Waals surface area contributed by atoms with Crippen LogP contribution in [0, 0.1) is 0 Å². The van der Waals surface area contributed by atoms with E-state index in [0.717, 1.165) is 19.4 Å². The molecule has 0 radical (unpaired) electrons. The minimum Gasteiger partial charge on any atom is -0.350 e. The molecule has 23 heavy (non-hydrogen) atoms. The number of nitrogens with zero attached hydrogens (tertiary/aromatic N) is 5. The van der Waals surface area contributed by atoms with Crippen molar-refractivity contribution >= 4 is 11.7 Å². The molecule has 1 aliphatic rings. The standard InChI is InChI=1S/C15H20N6O2/c1-19-7-5-16-13(15(19)23)21-6-3-4-12(10-21)18-14(22)11-8-17-20(2)9-11/h5,7-9,12H,3-4,6,10H2,1-2H3,(H,18,22). The minimum atomic E-state index is -0.140. The Labute approximate surface area is 133 Å². The number of amides is 1. The summed E-state index contributed by atoms with van der Waals surface area (Å²) in [6, 6.07) is -0.0110.